The molecule has 0 spiro atoms. The number of unbranched alkanes of at least 4 members (excludes halogenated alkanes) is 2. The lowest BCUT2D eigenvalue weighted by Gasteiger charge is -2.21. The molecule has 0 amide bonds. The van der Waals surface area contributed by atoms with Crippen molar-refractivity contribution in [2.75, 3.05) is 0 Å². The molecule has 0 aliphatic heterocycles. The fraction of sp³-hybridized carbons (Fsp3) is 0.812. The second kappa shape index (κ2) is 7.68. The van der Waals surface area contributed by atoms with E-state index in [2.05, 4.69) is 23.9 Å². The van der Waals surface area contributed by atoms with Crippen LogP contribution in [-0.2, 0) is 6.42 Å². The first-order valence-corrected chi connectivity index (χ1v) is 8.09. The summed E-state index contributed by atoms with van der Waals surface area (Å²) in [7, 11) is 0. The molecule has 0 saturated heterocycles. The van der Waals surface area contributed by atoms with Gasteiger partial charge < -0.3 is 5.73 Å². The van der Waals surface area contributed by atoms with E-state index in [9.17, 15) is 0 Å². The van der Waals surface area contributed by atoms with Crippen molar-refractivity contribution in [2.45, 2.75) is 83.2 Å². The van der Waals surface area contributed by atoms with Crippen molar-refractivity contribution in [3.63, 3.8) is 0 Å². The molecule has 3 nitrogen and oxygen atoms in total. The Morgan fingerprint density at radius 2 is 2.11 bits per heavy atom. The fourth-order valence-electron chi connectivity index (χ4n) is 3.06. The van der Waals surface area contributed by atoms with Crippen molar-refractivity contribution in [3.8, 4) is 0 Å². The third kappa shape index (κ3) is 4.64. The highest BCUT2D eigenvalue weighted by molar-refractivity contribution is 5.02. The smallest absolute Gasteiger partial charge is 0.0640 e. The second-order valence-electron chi connectivity index (χ2n) is 6.04. The van der Waals surface area contributed by atoms with E-state index in [0.717, 1.165) is 12.8 Å². The monoisotopic (exact) mass is 263 g/mol. The predicted molar refractivity (Wildman–Crippen MR) is 80.2 cm³/mol. The van der Waals surface area contributed by atoms with Gasteiger partial charge in [-0.05, 0) is 25.3 Å². The molecule has 1 aromatic rings. The van der Waals surface area contributed by atoms with Gasteiger partial charge in [0.15, 0.2) is 0 Å². The van der Waals surface area contributed by atoms with Gasteiger partial charge in [0, 0.05) is 18.7 Å². The highest BCUT2D eigenvalue weighted by Crippen LogP contribution is 2.27. The van der Waals surface area contributed by atoms with Crippen molar-refractivity contribution in [3.05, 3.63) is 18.0 Å². The zero-order chi connectivity index (χ0) is 13.5. The first kappa shape index (κ1) is 14.6. The Kier molecular flexibility index (Phi) is 5.90. The van der Waals surface area contributed by atoms with Gasteiger partial charge in [-0.25, -0.2) is 0 Å². The van der Waals surface area contributed by atoms with Gasteiger partial charge in [0.25, 0.3) is 0 Å². The van der Waals surface area contributed by atoms with E-state index in [1.54, 1.807) is 0 Å². The molecule has 0 aromatic carbocycles. The van der Waals surface area contributed by atoms with Gasteiger partial charge >= 0.3 is 0 Å². The molecule has 0 radical (unpaired) electrons. The molecule has 1 saturated carbocycles. The highest BCUT2D eigenvalue weighted by Gasteiger charge is 2.16. The average Bonchev–Trinajstić information content (AvgIpc) is 2.88. The molecule has 1 heterocycles. The van der Waals surface area contributed by atoms with Crippen molar-refractivity contribution in [1.29, 1.82) is 0 Å². The summed E-state index contributed by atoms with van der Waals surface area (Å²) in [4.78, 5) is 0. The number of hydrogen-bond acceptors (Lipinski definition) is 2. The van der Waals surface area contributed by atoms with Crippen LogP contribution in [0.1, 0.15) is 76.4 Å². The number of rotatable bonds is 7. The average molecular weight is 263 g/mol. The molecule has 3 heteroatoms. The van der Waals surface area contributed by atoms with Gasteiger partial charge in [-0.1, -0.05) is 45.4 Å². The molecule has 1 atom stereocenters. The van der Waals surface area contributed by atoms with Crippen LogP contribution in [-0.4, -0.2) is 15.8 Å². The van der Waals surface area contributed by atoms with Gasteiger partial charge in [0.05, 0.1) is 11.7 Å². The van der Waals surface area contributed by atoms with Gasteiger partial charge in [-0.2, -0.15) is 5.10 Å². The molecular weight excluding hydrogens is 234 g/mol. The van der Waals surface area contributed by atoms with Crippen LogP contribution in [0.5, 0.6) is 0 Å². The maximum atomic E-state index is 6.18. The summed E-state index contributed by atoms with van der Waals surface area (Å²) in [5, 5.41) is 4.74. The molecule has 1 unspecified atom stereocenters. The topological polar surface area (TPSA) is 43.8 Å². The summed E-state index contributed by atoms with van der Waals surface area (Å²) in [6, 6.07) is 3.08. The standard InChI is InChI=1S/C16H29N3/c1-2-3-5-8-14(17)13-15-11-12-19(18-15)16-9-6-4-7-10-16/h11-12,14,16H,2-10,13,17H2,1H3. The molecule has 2 N–H and O–H groups in total. The maximum absolute atomic E-state index is 6.18. The molecule has 1 aliphatic rings. The van der Waals surface area contributed by atoms with E-state index in [0.29, 0.717) is 6.04 Å². The molecule has 1 aromatic heterocycles. The van der Waals surface area contributed by atoms with Gasteiger partial charge in [0.2, 0.25) is 0 Å². The fourth-order valence-corrected chi connectivity index (χ4v) is 3.06. The van der Waals surface area contributed by atoms with Crippen LogP contribution in [0.15, 0.2) is 12.3 Å². The minimum atomic E-state index is 0.279. The van der Waals surface area contributed by atoms with Gasteiger partial charge in [-0.15, -0.1) is 0 Å². The molecule has 0 bridgehead atoms. The Bertz CT molecular complexity index is 353. The Labute approximate surface area is 117 Å². The van der Waals surface area contributed by atoms with Crippen molar-refractivity contribution in [2.24, 2.45) is 5.73 Å². The highest BCUT2D eigenvalue weighted by atomic mass is 15.3. The SMILES string of the molecule is CCCCCC(N)Cc1ccn(C2CCCCC2)n1. The summed E-state index contributed by atoms with van der Waals surface area (Å²) in [5.74, 6) is 0. The van der Waals surface area contributed by atoms with Crippen LogP contribution in [0.3, 0.4) is 0 Å². The van der Waals surface area contributed by atoms with E-state index in [4.69, 9.17) is 10.8 Å². The summed E-state index contributed by atoms with van der Waals surface area (Å²) in [6.07, 6.45) is 14.7. The lowest BCUT2D eigenvalue weighted by atomic mass is 9.96. The zero-order valence-electron chi connectivity index (χ0n) is 12.4. The lowest BCUT2D eigenvalue weighted by molar-refractivity contribution is 0.327. The van der Waals surface area contributed by atoms with Crippen molar-refractivity contribution >= 4 is 0 Å². The summed E-state index contributed by atoms with van der Waals surface area (Å²) in [5.41, 5.74) is 7.36. The Morgan fingerprint density at radius 1 is 1.32 bits per heavy atom. The predicted octanol–water partition coefficient (Wildman–Crippen LogP) is 3.84. The first-order chi connectivity index (χ1) is 9.29. The van der Waals surface area contributed by atoms with E-state index < -0.39 is 0 Å². The number of nitrogens with two attached hydrogens (primary N) is 1. The summed E-state index contributed by atoms with van der Waals surface area (Å²) < 4.78 is 2.19. The minimum Gasteiger partial charge on any atom is -0.327 e. The third-order valence-electron chi connectivity index (χ3n) is 4.26. The van der Waals surface area contributed by atoms with E-state index in [1.807, 2.05) is 0 Å². The number of aromatic nitrogens is 2. The summed E-state index contributed by atoms with van der Waals surface area (Å²) in [6.45, 7) is 2.23. The van der Waals surface area contributed by atoms with Crippen LogP contribution < -0.4 is 5.73 Å². The maximum Gasteiger partial charge on any atom is 0.0640 e. The molecular formula is C16H29N3. The van der Waals surface area contributed by atoms with Crippen LogP contribution in [0.4, 0.5) is 0 Å². The van der Waals surface area contributed by atoms with Crippen LogP contribution in [0.25, 0.3) is 0 Å². The molecule has 1 fully saturated rings. The van der Waals surface area contributed by atoms with Crippen LogP contribution in [0, 0.1) is 0 Å². The largest absolute Gasteiger partial charge is 0.327 e. The van der Waals surface area contributed by atoms with Gasteiger partial charge in [-0.3, -0.25) is 4.68 Å². The van der Waals surface area contributed by atoms with E-state index >= 15 is 0 Å². The molecule has 108 valence electrons. The van der Waals surface area contributed by atoms with Crippen molar-refractivity contribution in [1.82, 2.24) is 9.78 Å². The molecule has 1 aliphatic carbocycles. The van der Waals surface area contributed by atoms with Gasteiger partial charge in [0.1, 0.15) is 0 Å². The Morgan fingerprint density at radius 3 is 2.84 bits per heavy atom. The Hall–Kier alpha value is -0.830. The molecule has 2 rings (SSSR count). The van der Waals surface area contributed by atoms with E-state index in [-0.39, 0.29) is 6.04 Å². The zero-order valence-corrected chi connectivity index (χ0v) is 12.4. The summed E-state index contributed by atoms with van der Waals surface area (Å²) >= 11 is 0. The quantitative estimate of drug-likeness (QED) is 0.760. The third-order valence-corrected chi connectivity index (χ3v) is 4.26. The number of nitrogens with zero attached hydrogens (tertiary/aromatic N) is 2. The second-order valence-corrected chi connectivity index (χ2v) is 6.04. The van der Waals surface area contributed by atoms with Crippen LogP contribution >= 0.6 is 0 Å². The Balaban J connectivity index is 1.79. The number of hydrogen-bond donors (Lipinski definition) is 1. The van der Waals surface area contributed by atoms with Crippen LogP contribution in [0.2, 0.25) is 0 Å². The normalized spacial score (nSPS) is 18.6. The molecule has 19 heavy (non-hydrogen) atoms. The minimum absolute atomic E-state index is 0.279. The first-order valence-electron chi connectivity index (χ1n) is 8.09. The van der Waals surface area contributed by atoms with E-state index in [1.165, 1.54) is 57.1 Å². The van der Waals surface area contributed by atoms with Crippen molar-refractivity contribution < 1.29 is 0 Å². The lowest BCUT2D eigenvalue weighted by Crippen LogP contribution is -2.23.